The first-order valence-corrected chi connectivity index (χ1v) is 6.90. The van der Waals surface area contributed by atoms with Gasteiger partial charge in [0.2, 0.25) is 0 Å². The molecule has 3 heterocycles. The van der Waals surface area contributed by atoms with Crippen molar-refractivity contribution >= 4 is 0 Å². The van der Waals surface area contributed by atoms with Crippen molar-refractivity contribution in [2.45, 2.75) is 31.2 Å². The summed E-state index contributed by atoms with van der Waals surface area (Å²) in [5, 5.41) is 0. The maximum atomic E-state index is 4.88. The summed E-state index contributed by atoms with van der Waals surface area (Å²) < 4.78 is 0. The highest BCUT2D eigenvalue weighted by molar-refractivity contribution is 5.31. The Balaban J connectivity index is 1.75. The van der Waals surface area contributed by atoms with E-state index in [1.165, 1.54) is 44.5 Å². The van der Waals surface area contributed by atoms with Gasteiger partial charge in [0.15, 0.2) is 0 Å². The second-order valence-corrected chi connectivity index (χ2v) is 5.59. The van der Waals surface area contributed by atoms with E-state index in [1.807, 2.05) is 0 Å². The molecule has 3 heteroatoms. The van der Waals surface area contributed by atoms with Crippen molar-refractivity contribution in [2.75, 3.05) is 26.7 Å². The highest BCUT2D eigenvalue weighted by Gasteiger charge is 2.40. The van der Waals surface area contributed by atoms with Crippen LogP contribution in [0.4, 0.5) is 0 Å². The predicted molar refractivity (Wildman–Crippen MR) is 72.3 cm³/mol. The lowest BCUT2D eigenvalue weighted by atomic mass is 9.67. The molecule has 0 saturated carbocycles. The van der Waals surface area contributed by atoms with Gasteiger partial charge in [-0.3, -0.25) is 0 Å². The molecule has 3 fully saturated rings. The van der Waals surface area contributed by atoms with E-state index in [-0.39, 0.29) is 0 Å². The van der Waals surface area contributed by atoms with E-state index in [1.54, 1.807) is 12.7 Å². The molecule has 1 aromatic carbocycles. The van der Waals surface area contributed by atoms with Gasteiger partial charge in [-0.1, -0.05) is 24.3 Å². The van der Waals surface area contributed by atoms with Gasteiger partial charge in [-0.05, 0) is 55.4 Å². The van der Waals surface area contributed by atoms with Gasteiger partial charge < -0.3 is 9.74 Å². The van der Waals surface area contributed by atoms with Gasteiger partial charge in [0, 0.05) is 6.54 Å². The first kappa shape index (κ1) is 12.2. The fraction of sp³-hybridized carbons (Fsp3) is 0.600. The van der Waals surface area contributed by atoms with Crippen LogP contribution >= 0.6 is 0 Å². The highest BCUT2D eigenvalue weighted by atomic mass is 16.6. The summed E-state index contributed by atoms with van der Waals surface area (Å²) in [6.07, 6.45) is 4.01. The SMILES string of the molecule is CONCc1ccc(C23CCN(CC2)CC3)cc1. The Morgan fingerprint density at radius 3 is 2.28 bits per heavy atom. The van der Waals surface area contributed by atoms with Gasteiger partial charge >= 0.3 is 0 Å². The first-order valence-electron chi connectivity index (χ1n) is 6.90. The number of nitrogens with zero attached hydrogens (tertiary/aromatic N) is 1. The Morgan fingerprint density at radius 1 is 1.11 bits per heavy atom. The molecule has 0 amide bonds. The molecule has 3 aliphatic heterocycles. The van der Waals surface area contributed by atoms with E-state index in [2.05, 4.69) is 34.6 Å². The normalized spacial score (nSPS) is 30.6. The summed E-state index contributed by atoms with van der Waals surface area (Å²) in [6, 6.07) is 9.12. The van der Waals surface area contributed by atoms with Gasteiger partial charge in [0.25, 0.3) is 0 Å². The van der Waals surface area contributed by atoms with Crippen molar-refractivity contribution in [3.8, 4) is 0 Å². The molecule has 98 valence electrons. The zero-order chi connectivity index (χ0) is 12.4. The molecule has 18 heavy (non-hydrogen) atoms. The molecule has 0 aliphatic carbocycles. The standard InChI is InChI=1S/C15H22N2O/c1-18-16-12-13-2-4-14(5-3-13)15-6-9-17(10-7-15)11-8-15/h2-5,16H,6-12H2,1H3. The van der Waals surface area contributed by atoms with Crippen LogP contribution < -0.4 is 5.48 Å². The number of rotatable bonds is 4. The Hall–Kier alpha value is -0.900. The maximum Gasteiger partial charge on any atom is 0.0572 e. The molecule has 1 N–H and O–H groups in total. The van der Waals surface area contributed by atoms with Crippen LogP contribution in [-0.4, -0.2) is 31.6 Å². The average molecular weight is 246 g/mol. The number of nitrogens with one attached hydrogen (secondary N) is 1. The lowest BCUT2D eigenvalue weighted by Crippen LogP contribution is -2.50. The summed E-state index contributed by atoms with van der Waals surface area (Å²) in [5.74, 6) is 0. The summed E-state index contributed by atoms with van der Waals surface area (Å²) in [7, 11) is 1.66. The molecule has 1 aromatic rings. The Bertz CT molecular complexity index is 380. The van der Waals surface area contributed by atoms with E-state index in [0.29, 0.717) is 5.41 Å². The summed E-state index contributed by atoms with van der Waals surface area (Å²) in [6.45, 7) is 4.63. The van der Waals surface area contributed by atoms with Crippen molar-refractivity contribution in [1.29, 1.82) is 0 Å². The van der Waals surface area contributed by atoms with Crippen LogP contribution in [0.15, 0.2) is 24.3 Å². The quantitative estimate of drug-likeness (QED) is 0.823. The third-order valence-corrected chi connectivity index (χ3v) is 4.71. The molecular weight excluding hydrogens is 224 g/mol. The fourth-order valence-electron chi connectivity index (χ4n) is 3.39. The Morgan fingerprint density at radius 2 is 1.72 bits per heavy atom. The molecular formula is C15H22N2O. The number of fused-ring (bicyclic) bond motifs is 3. The van der Waals surface area contributed by atoms with Crippen molar-refractivity contribution in [3.05, 3.63) is 35.4 Å². The molecule has 0 spiro atoms. The fourth-order valence-corrected chi connectivity index (χ4v) is 3.39. The van der Waals surface area contributed by atoms with Crippen LogP contribution in [0.2, 0.25) is 0 Å². The van der Waals surface area contributed by atoms with E-state index in [0.717, 1.165) is 6.54 Å². The largest absolute Gasteiger partial charge is 0.305 e. The molecule has 2 bridgehead atoms. The Labute approximate surface area is 109 Å². The smallest absolute Gasteiger partial charge is 0.0572 e. The molecule has 3 saturated heterocycles. The Kier molecular flexibility index (Phi) is 3.37. The summed E-state index contributed by atoms with van der Waals surface area (Å²) >= 11 is 0. The number of hydroxylamine groups is 1. The van der Waals surface area contributed by atoms with Gasteiger partial charge in [0.1, 0.15) is 0 Å². The second-order valence-electron chi connectivity index (χ2n) is 5.59. The van der Waals surface area contributed by atoms with Crippen LogP contribution in [0.1, 0.15) is 30.4 Å². The molecule has 0 radical (unpaired) electrons. The second kappa shape index (κ2) is 5.00. The zero-order valence-corrected chi connectivity index (χ0v) is 11.1. The third kappa shape index (κ3) is 2.18. The molecule has 0 atom stereocenters. The van der Waals surface area contributed by atoms with Crippen LogP contribution in [0, 0.1) is 0 Å². The van der Waals surface area contributed by atoms with Gasteiger partial charge in [0.05, 0.1) is 7.11 Å². The number of hydrogen-bond acceptors (Lipinski definition) is 3. The van der Waals surface area contributed by atoms with E-state index < -0.39 is 0 Å². The van der Waals surface area contributed by atoms with Crippen molar-refractivity contribution < 1.29 is 4.84 Å². The lowest BCUT2D eigenvalue weighted by molar-refractivity contribution is 0.0815. The number of piperidine rings is 3. The first-order chi connectivity index (χ1) is 8.82. The molecule has 0 unspecified atom stereocenters. The van der Waals surface area contributed by atoms with E-state index >= 15 is 0 Å². The minimum atomic E-state index is 0.474. The van der Waals surface area contributed by atoms with E-state index in [9.17, 15) is 0 Å². The average Bonchev–Trinajstić information content (AvgIpc) is 2.47. The summed E-state index contributed by atoms with van der Waals surface area (Å²) in [5.41, 5.74) is 6.19. The maximum absolute atomic E-state index is 4.88. The zero-order valence-electron chi connectivity index (χ0n) is 11.1. The predicted octanol–water partition coefficient (Wildman–Crippen LogP) is 2.07. The van der Waals surface area contributed by atoms with Crippen molar-refractivity contribution in [2.24, 2.45) is 0 Å². The van der Waals surface area contributed by atoms with Crippen LogP contribution in [-0.2, 0) is 16.8 Å². The lowest BCUT2D eigenvalue weighted by Gasteiger charge is -2.49. The van der Waals surface area contributed by atoms with Crippen molar-refractivity contribution in [1.82, 2.24) is 10.4 Å². The molecule has 0 aromatic heterocycles. The highest BCUT2D eigenvalue weighted by Crippen LogP contribution is 2.42. The topological polar surface area (TPSA) is 24.5 Å². The minimum absolute atomic E-state index is 0.474. The summed E-state index contributed by atoms with van der Waals surface area (Å²) in [4.78, 5) is 7.48. The molecule has 3 nitrogen and oxygen atoms in total. The minimum Gasteiger partial charge on any atom is -0.305 e. The van der Waals surface area contributed by atoms with Crippen LogP contribution in [0.3, 0.4) is 0 Å². The van der Waals surface area contributed by atoms with Gasteiger partial charge in [-0.2, -0.15) is 5.48 Å². The van der Waals surface area contributed by atoms with Gasteiger partial charge in [-0.25, -0.2) is 0 Å². The van der Waals surface area contributed by atoms with Crippen LogP contribution in [0.25, 0.3) is 0 Å². The molecule has 3 aliphatic rings. The van der Waals surface area contributed by atoms with E-state index in [4.69, 9.17) is 4.84 Å². The number of hydrogen-bond donors (Lipinski definition) is 1. The molecule has 4 rings (SSSR count). The monoisotopic (exact) mass is 246 g/mol. The van der Waals surface area contributed by atoms with Crippen molar-refractivity contribution in [3.63, 3.8) is 0 Å². The third-order valence-electron chi connectivity index (χ3n) is 4.71. The van der Waals surface area contributed by atoms with Gasteiger partial charge in [-0.15, -0.1) is 0 Å². The number of benzene rings is 1. The van der Waals surface area contributed by atoms with Crippen LogP contribution in [0.5, 0.6) is 0 Å².